The van der Waals surface area contributed by atoms with Gasteiger partial charge in [0.15, 0.2) is 0 Å². The predicted octanol–water partition coefficient (Wildman–Crippen LogP) is 2.78. The molecule has 1 saturated heterocycles. The second-order valence-electron chi connectivity index (χ2n) is 5.41. The van der Waals surface area contributed by atoms with Gasteiger partial charge in [0, 0.05) is 30.9 Å². The van der Waals surface area contributed by atoms with Gasteiger partial charge in [-0.15, -0.1) is 11.3 Å². The first-order valence-electron chi connectivity index (χ1n) is 6.76. The van der Waals surface area contributed by atoms with Crippen molar-refractivity contribution in [2.45, 2.75) is 25.2 Å². The molecule has 0 bridgehead atoms. The van der Waals surface area contributed by atoms with Crippen molar-refractivity contribution in [1.29, 1.82) is 0 Å². The van der Waals surface area contributed by atoms with Crippen molar-refractivity contribution in [2.24, 2.45) is 0 Å². The smallest absolute Gasteiger partial charge is 0.274 e. The molecule has 7 heteroatoms. The summed E-state index contributed by atoms with van der Waals surface area (Å²) in [4.78, 5) is 26.6. The zero-order chi connectivity index (χ0) is 14.9. The van der Waals surface area contributed by atoms with Crippen LogP contribution >= 0.6 is 22.9 Å². The first-order valence-corrected chi connectivity index (χ1v) is 7.95. The van der Waals surface area contributed by atoms with E-state index in [-0.39, 0.29) is 11.3 Å². The number of hydrogen-bond acceptors (Lipinski definition) is 5. The molecule has 0 aromatic carbocycles. The van der Waals surface area contributed by atoms with E-state index in [1.165, 1.54) is 17.5 Å². The van der Waals surface area contributed by atoms with Crippen LogP contribution in [0, 0.1) is 0 Å². The molecule has 0 radical (unpaired) electrons. The molecule has 1 fully saturated rings. The van der Waals surface area contributed by atoms with Crippen LogP contribution in [0.15, 0.2) is 24.8 Å². The summed E-state index contributed by atoms with van der Waals surface area (Å²) < 4.78 is 0.712. The fraction of sp³-hybridized carbons (Fsp3) is 0.429. The zero-order valence-electron chi connectivity index (χ0n) is 11.6. The molecule has 1 amide bonds. The van der Waals surface area contributed by atoms with Gasteiger partial charge < -0.3 is 4.90 Å². The monoisotopic (exact) mass is 322 g/mol. The lowest BCUT2D eigenvalue weighted by atomic mass is 9.81. The second-order valence-corrected chi connectivity index (χ2v) is 7.07. The Morgan fingerprint density at radius 1 is 1.29 bits per heavy atom. The fourth-order valence-corrected chi connectivity index (χ4v) is 3.64. The summed E-state index contributed by atoms with van der Waals surface area (Å²) in [6.07, 6.45) is 8.07. The van der Waals surface area contributed by atoms with E-state index in [1.54, 1.807) is 18.6 Å². The zero-order valence-corrected chi connectivity index (χ0v) is 13.2. The Morgan fingerprint density at radius 3 is 2.62 bits per heavy atom. The molecule has 0 spiro atoms. The van der Waals surface area contributed by atoms with Crippen LogP contribution in [0.4, 0.5) is 0 Å². The molecule has 3 rings (SSSR count). The molecule has 110 valence electrons. The highest BCUT2D eigenvalue weighted by atomic mass is 35.5. The van der Waals surface area contributed by atoms with Crippen LogP contribution in [0.5, 0.6) is 0 Å². The quantitative estimate of drug-likeness (QED) is 0.853. The average Bonchev–Trinajstić information content (AvgIpc) is 2.96. The van der Waals surface area contributed by atoms with E-state index in [9.17, 15) is 4.79 Å². The van der Waals surface area contributed by atoms with Gasteiger partial charge in [0.1, 0.15) is 15.0 Å². The van der Waals surface area contributed by atoms with Gasteiger partial charge >= 0.3 is 0 Å². The largest absolute Gasteiger partial charge is 0.337 e. The fourth-order valence-electron chi connectivity index (χ4n) is 2.52. The standard InChI is InChI=1S/C14H15ClN4OS/c1-14(13-18-9-11(15)21-13)2-6-19(7-3-14)12(20)10-8-16-4-5-17-10/h4-5,8-9H,2-3,6-7H2,1H3. The minimum Gasteiger partial charge on any atom is -0.337 e. The van der Waals surface area contributed by atoms with Crippen molar-refractivity contribution in [3.05, 3.63) is 39.8 Å². The Balaban J connectivity index is 1.69. The number of likely N-dealkylation sites (tertiary alicyclic amines) is 1. The molecule has 0 N–H and O–H groups in total. The van der Waals surface area contributed by atoms with E-state index >= 15 is 0 Å². The normalized spacial score (nSPS) is 17.7. The lowest BCUT2D eigenvalue weighted by Gasteiger charge is -2.37. The highest BCUT2D eigenvalue weighted by Gasteiger charge is 2.36. The molecule has 0 unspecified atom stereocenters. The van der Waals surface area contributed by atoms with Gasteiger partial charge in [-0.3, -0.25) is 9.78 Å². The van der Waals surface area contributed by atoms with Crippen LogP contribution in [0.1, 0.15) is 35.3 Å². The minimum atomic E-state index is -0.0534. The van der Waals surface area contributed by atoms with Crippen molar-refractivity contribution < 1.29 is 4.79 Å². The summed E-state index contributed by atoms with van der Waals surface area (Å²) in [6, 6.07) is 0. The van der Waals surface area contributed by atoms with Gasteiger partial charge in [0.25, 0.3) is 5.91 Å². The molecule has 5 nitrogen and oxygen atoms in total. The van der Waals surface area contributed by atoms with E-state index in [1.807, 2.05) is 4.90 Å². The number of rotatable bonds is 2. The number of aromatic nitrogens is 3. The van der Waals surface area contributed by atoms with Crippen molar-refractivity contribution in [1.82, 2.24) is 19.9 Å². The highest BCUT2D eigenvalue weighted by molar-refractivity contribution is 7.15. The van der Waals surface area contributed by atoms with E-state index in [4.69, 9.17) is 11.6 Å². The summed E-state index contributed by atoms with van der Waals surface area (Å²) in [5.41, 5.74) is 0.398. The molecular weight excluding hydrogens is 308 g/mol. The van der Waals surface area contributed by atoms with Crippen molar-refractivity contribution in [2.75, 3.05) is 13.1 Å². The van der Waals surface area contributed by atoms with Crippen LogP contribution < -0.4 is 0 Å². The molecule has 21 heavy (non-hydrogen) atoms. The van der Waals surface area contributed by atoms with Gasteiger partial charge in [0.2, 0.25) is 0 Å². The first kappa shape index (κ1) is 14.4. The lowest BCUT2D eigenvalue weighted by molar-refractivity contribution is 0.0669. The Labute approximate surface area is 132 Å². The maximum atomic E-state index is 12.3. The summed E-state index contributed by atoms with van der Waals surface area (Å²) in [7, 11) is 0. The Kier molecular flexibility index (Phi) is 3.91. The van der Waals surface area contributed by atoms with E-state index in [0.29, 0.717) is 23.1 Å². The summed E-state index contributed by atoms with van der Waals surface area (Å²) in [5, 5.41) is 1.05. The average molecular weight is 323 g/mol. The highest BCUT2D eigenvalue weighted by Crippen LogP contribution is 2.38. The van der Waals surface area contributed by atoms with Gasteiger partial charge in [-0.1, -0.05) is 18.5 Å². The van der Waals surface area contributed by atoms with Crippen molar-refractivity contribution in [3.63, 3.8) is 0 Å². The molecule has 0 atom stereocenters. The van der Waals surface area contributed by atoms with E-state index < -0.39 is 0 Å². The SMILES string of the molecule is CC1(c2ncc(Cl)s2)CCN(C(=O)c2cnccn2)CC1. The van der Waals surface area contributed by atoms with Crippen LogP contribution in [0.3, 0.4) is 0 Å². The topological polar surface area (TPSA) is 59.0 Å². The number of nitrogens with zero attached hydrogens (tertiary/aromatic N) is 4. The van der Waals surface area contributed by atoms with Gasteiger partial charge in [0.05, 0.1) is 12.4 Å². The third kappa shape index (κ3) is 2.91. The first-order chi connectivity index (χ1) is 10.1. The predicted molar refractivity (Wildman–Crippen MR) is 81.6 cm³/mol. The third-order valence-corrected chi connectivity index (χ3v) is 5.35. The van der Waals surface area contributed by atoms with Crippen LogP contribution in [-0.2, 0) is 5.41 Å². The number of thiazole rings is 1. The molecule has 0 saturated carbocycles. The number of carbonyl (C=O) groups excluding carboxylic acids is 1. The Bertz CT molecular complexity index is 637. The number of amides is 1. The van der Waals surface area contributed by atoms with E-state index in [0.717, 1.165) is 17.8 Å². The van der Waals surface area contributed by atoms with Crippen molar-refractivity contribution in [3.8, 4) is 0 Å². The molecule has 1 aliphatic rings. The minimum absolute atomic E-state index is 0.00302. The summed E-state index contributed by atoms with van der Waals surface area (Å²) in [5.74, 6) is -0.0534. The van der Waals surface area contributed by atoms with Gasteiger partial charge in [-0.05, 0) is 12.8 Å². The number of piperidine rings is 1. The van der Waals surface area contributed by atoms with Crippen molar-refractivity contribution >= 4 is 28.8 Å². The number of halogens is 1. The maximum Gasteiger partial charge on any atom is 0.274 e. The van der Waals surface area contributed by atoms with Gasteiger partial charge in [-0.25, -0.2) is 9.97 Å². The number of hydrogen-bond donors (Lipinski definition) is 0. The Morgan fingerprint density at radius 2 is 2.05 bits per heavy atom. The van der Waals surface area contributed by atoms with Gasteiger partial charge in [-0.2, -0.15) is 0 Å². The lowest BCUT2D eigenvalue weighted by Crippen LogP contribution is -2.44. The summed E-state index contributed by atoms with van der Waals surface area (Å²) >= 11 is 7.50. The molecular formula is C14H15ClN4OS. The molecule has 3 heterocycles. The number of carbonyl (C=O) groups is 1. The van der Waals surface area contributed by atoms with E-state index in [2.05, 4.69) is 21.9 Å². The molecule has 0 aliphatic carbocycles. The summed E-state index contributed by atoms with van der Waals surface area (Å²) in [6.45, 7) is 3.58. The third-order valence-electron chi connectivity index (χ3n) is 3.93. The Hall–Kier alpha value is -1.53. The van der Waals surface area contributed by atoms with Crippen LogP contribution in [0.2, 0.25) is 4.34 Å². The molecule has 1 aliphatic heterocycles. The molecule has 2 aromatic heterocycles. The molecule has 2 aromatic rings. The van der Waals surface area contributed by atoms with Crippen LogP contribution in [-0.4, -0.2) is 38.8 Å². The second kappa shape index (κ2) is 5.69. The van der Waals surface area contributed by atoms with Crippen LogP contribution in [0.25, 0.3) is 0 Å². The maximum absolute atomic E-state index is 12.3.